The molecular formula is C12H12N2O3. The smallest absolute Gasteiger partial charge is 0.292 e. The van der Waals surface area contributed by atoms with Crippen LogP contribution in [0.4, 0.5) is 11.4 Å². The van der Waals surface area contributed by atoms with Crippen molar-refractivity contribution in [1.82, 2.24) is 0 Å². The average molecular weight is 232 g/mol. The fourth-order valence-electron chi connectivity index (χ4n) is 1.53. The quantitative estimate of drug-likeness (QED) is 0.649. The van der Waals surface area contributed by atoms with E-state index in [-0.39, 0.29) is 10.6 Å². The zero-order valence-corrected chi connectivity index (χ0v) is 9.34. The number of hydrogen-bond acceptors (Lipinski definition) is 4. The van der Waals surface area contributed by atoms with Crippen LogP contribution in [0.1, 0.15) is 11.1 Å². The van der Waals surface area contributed by atoms with Crippen LogP contribution in [-0.2, 0) is 6.54 Å². The second-order valence-electron chi connectivity index (χ2n) is 3.76. The first-order chi connectivity index (χ1) is 8.16. The van der Waals surface area contributed by atoms with E-state index in [0.717, 1.165) is 11.1 Å². The van der Waals surface area contributed by atoms with Crippen LogP contribution >= 0.6 is 0 Å². The van der Waals surface area contributed by atoms with Crippen LogP contribution in [0.15, 0.2) is 41.2 Å². The van der Waals surface area contributed by atoms with E-state index in [2.05, 4.69) is 5.32 Å². The van der Waals surface area contributed by atoms with E-state index in [1.807, 2.05) is 19.1 Å². The molecule has 0 radical (unpaired) electrons. The lowest BCUT2D eigenvalue weighted by molar-refractivity contribution is -0.384. The minimum Gasteiger partial charge on any atom is -0.472 e. The number of hydrogen-bond donors (Lipinski definition) is 1. The topological polar surface area (TPSA) is 68.3 Å². The number of nitro groups is 1. The Kier molecular flexibility index (Phi) is 3.09. The molecule has 1 N–H and O–H groups in total. The van der Waals surface area contributed by atoms with Gasteiger partial charge < -0.3 is 9.73 Å². The highest BCUT2D eigenvalue weighted by Gasteiger charge is 2.13. The third-order valence-electron chi connectivity index (χ3n) is 2.41. The lowest BCUT2D eigenvalue weighted by atomic mass is 10.2. The van der Waals surface area contributed by atoms with Gasteiger partial charge in [0.1, 0.15) is 5.69 Å². The summed E-state index contributed by atoms with van der Waals surface area (Å²) in [7, 11) is 0. The van der Waals surface area contributed by atoms with E-state index in [1.165, 1.54) is 0 Å². The standard InChI is InChI=1S/C12H12N2O3/c1-9-2-3-11(12(6-9)14(15)16)13-7-10-4-5-17-8-10/h2-6,8,13H,7H2,1H3. The first-order valence-corrected chi connectivity index (χ1v) is 5.17. The van der Waals surface area contributed by atoms with Gasteiger partial charge in [0, 0.05) is 18.2 Å². The molecular weight excluding hydrogens is 220 g/mol. The van der Waals surface area contributed by atoms with Gasteiger partial charge in [-0.3, -0.25) is 10.1 Å². The molecule has 0 saturated carbocycles. The monoisotopic (exact) mass is 232 g/mol. The summed E-state index contributed by atoms with van der Waals surface area (Å²) >= 11 is 0. The second kappa shape index (κ2) is 4.69. The van der Waals surface area contributed by atoms with Gasteiger partial charge in [-0.15, -0.1) is 0 Å². The largest absolute Gasteiger partial charge is 0.472 e. The Morgan fingerprint density at radius 3 is 2.88 bits per heavy atom. The predicted molar refractivity (Wildman–Crippen MR) is 63.9 cm³/mol. The number of nitrogens with zero attached hydrogens (tertiary/aromatic N) is 1. The molecule has 0 saturated heterocycles. The number of furan rings is 1. The molecule has 2 aromatic rings. The highest BCUT2D eigenvalue weighted by Crippen LogP contribution is 2.25. The van der Waals surface area contributed by atoms with Gasteiger partial charge in [0.2, 0.25) is 0 Å². The molecule has 88 valence electrons. The third-order valence-corrected chi connectivity index (χ3v) is 2.41. The van der Waals surface area contributed by atoms with Crippen LogP contribution in [0.2, 0.25) is 0 Å². The van der Waals surface area contributed by atoms with E-state index in [4.69, 9.17) is 4.42 Å². The summed E-state index contributed by atoms with van der Waals surface area (Å²) in [5.41, 5.74) is 2.42. The molecule has 0 amide bonds. The molecule has 1 heterocycles. The van der Waals surface area contributed by atoms with Gasteiger partial charge in [0.05, 0.1) is 17.4 Å². The zero-order valence-electron chi connectivity index (χ0n) is 9.34. The van der Waals surface area contributed by atoms with Crippen LogP contribution in [0.3, 0.4) is 0 Å². The van der Waals surface area contributed by atoms with E-state index in [1.54, 1.807) is 24.7 Å². The van der Waals surface area contributed by atoms with Gasteiger partial charge in [-0.1, -0.05) is 6.07 Å². The Hall–Kier alpha value is -2.30. The van der Waals surface area contributed by atoms with Crippen molar-refractivity contribution in [3.05, 3.63) is 58.0 Å². The predicted octanol–water partition coefficient (Wildman–Crippen LogP) is 3.11. The Balaban J connectivity index is 2.17. The molecule has 1 aromatic heterocycles. The van der Waals surface area contributed by atoms with Crippen molar-refractivity contribution in [1.29, 1.82) is 0 Å². The Bertz CT molecular complexity index is 521. The van der Waals surface area contributed by atoms with Crippen molar-refractivity contribution < 1.29 is 9.34 Å². The summed E-state index contributed by atoms with van der Waals surface area (Å²) in [5.74, 6) is 0. The minimum atomic E-state index is -0.384. The van der Waals surface area contributed by atoms with Gasteiger partial charge in [0.15, 0.2) is 0 Å². The van der Waals surface area contributed by atoms with Gasteiger partial charge in [-0.2, -0.15) is 0 Å². The maximum absolute atomic E-state index is 10.9. The highest BCUT2D eigenvalue weighted by atomic mass is 16.6. The van der Waals surface area contributed by atoms with Crippen LogP contribution in [0.5, 0.6) is 0 Å². The van der Waals surface area contributed by atoms with Crippen LogP contribution in [0.25, 0.3) is 0 Å². The van der Waals surface area contributed by atoms with Crippen molar-refractivity contribution in [2.45, 2.75) is 13.5 Å². The number of benzene rings is 1. The van der Waals surface area contributed by atoms with Gasteiger partial charge in [-0.25, -0.2) is 0 Å². The maximum atomic E-state index is 10.9. The maximum Gasteiger partial charge on any atom is 0.292 e. The molecule has 0 atom stereocenters. The molecule has 0 aliphatic heterocycles. The van der Waals surface area contributed by atoms with Gasteiger partial charge >= 0.3 is 0 Å². The summed E-state index contributed by atoms with van der Waals surface area (Å²) < 4.78 is 4.93. The molecule has 0 aliphatic carbocycles. The SMILES string of the molecule is Cc1ccc(NCc2ccoc2)c([N+](=O)[O-])c1. The fourth-order valence-corrected chi connectivity index (χ4v) is 1.53. The van der Waals surface area contributed by atoms with Crippen LogP contribution in [-0.4, -0.2) is 4.92 Å². The number of nitrogens with one attached hydrogen (secondary N) is 1. The average Bonchev–Trinajstić information content (AvgIpc) is 2.80. The van der Waals surface area contributed by atoms with Gasteiger partial charge in [0.25, 0.3) is 5.69 Å². The van der Waals surface area contributed by atoms with E-state index in [0.29, 0.717) is 12.2 Å². The number of nitro benzene ring substituents is 1. The third kappa shape index (κ3) is 2.63. The summed E-state index contributed by atoms with van der Waals surface area (Å²) in [4.78, 5) is 10.5. The second-order valence-corrected chi connectivity index (χ2v) is 3.76. The minimum absolute atomic E-state index is 0.0912. The molecule has 0 unspecified atom stereocenters. The first-order valence-electron chi connectivity index (χ1n) is 5.17. The Morgan fingerprint density at radius 1 is 1.41 bits per heavy atom. The molecule has 5 nitrogen and oxygen atoms in total. The molecule has 2 rings (SSSR count). The van der Waals surface area contributed by atoms with Gasteiger partial charge in [-0.05, 0) is 24.6 Å². The summed E-state index contributed by atoms with van der Waals surface area (Å²) in [5, 5.41) is 13.9. The highest BCUT2D eigenvalue weighted by molar-refractivity contribution is 5.62. The lowest BCUT2D eigenvalue weighted by Gasteiger charge is -2.06. The van der Waals surface area contributed by atoms with Crippen molar-refractivity contribution in [2.75, 3.05) is 5.32 Å². The van der Waals surface area contributed by atoms with E-state index >= 15 is 0 Å². The van der Waals surface area contributed by atoms with Crippen molar-refractivity contribution in [3.63, 3.8) is 0 Å². The summed E-state index contributed by atoms with van der Waals surface area (Å²) in [6, 6.07) is 6.92. The molecule has 5 heteroatoms. The first kappa shape index (κ1) is 11.2. The lowest BCUT2D eigenvalue weighted by Crippen LogP contribution is -2.02. The Labute approximate surface area is 98.2 Å². The molecule has 0 bridgehead atoms. The molecule has 17 heavy (non-hydrogen) atoms. The zero-order chi connectivity index (χ0) is 12.3. The van der Waals surface area contributed by atoms with E-state index in [9.17, 15) is 10.1 Å². The number of aryl methyl sites for hydroxylation is 1. The van der Waals surface area contributed by atoms with Crippen LogP contribution in [0, 0.1) is 17.0 Å². The summed E-state index contributed by atoms with van der Waals surface area (Å²) in [6.45, 7) is 2.33. The van der Waals surface area contributed by atoms with Crippen LogP contribution < -0.4 is 5.32 Å². The van der Waals surface area contributed by atoms with Crippen molar-refractivity contribution >= 4 is 11.4 Å². The molecule has 0 aliphatic rings. The Morgan fingerprint density at radius 2 is 2.24 bits per heavy atom. The van der Waals surface area contributed by atoms with Crippen molar-refractivity contribution in [2.24, 2.45) is 0 Å². The molecule has 1 aromatic carbocycles. The number of rotatable bonds is 4. The van der Waals surface area contributed by atoms with Crippen molar-refractivity contribution in [3.8, 4) is 0 Å². The normalized spacial score (nSPS) is 10.2. The van der Waals surface area contributed by atoms with E-state index < -0.39 is 0 Å². The molecule has 0 spiro atoms. The number of anilines is 1. The molecule has 0 fully saturated rings. The summed E-state index contributed by atoms with van der Waals surface area (Å²) in [6.07, 6.45) is 3.17. The fraction of sp³-hybridized carbons (Fsp3) is 0.167.